The second kappa shape index (κ2) is 5.99. The van der Waals surface area contributed by atoms with Crippen molar-refractivity contribution in [2.45, 2.75) is 40.2 Å². The van der Waals surface area contributed by atoms with Gasteiger partial charge in [0.25, 0.3) is 5.91 Å². The Morgan fingerprint density at radius 3 is 2.91 bits per heavy atom. The van der Waals surface area contributed by atoms with E-state index in [0.29, 0.717) is 18.2 Å². The number of piperidine rings is 1. The SMILES string of the molecule is Cc1cc(C)n(Cc2ccc(C(=O)N3CCC[C@H](C)C3)o2)n1. The van der Waals surface area contributed by atoms with Crippen LogP contribution >= 0.6 is 0 Å². The summed E-state index contributed by atoms with van der Waals surface area (Å²) in [7, 11) is 0. The minimum absolute atomic E-state index is 0.00571. The first-order chi connectivity index (χ1) is 10.5. The van der Waals surface area contributed by atoms with Crippen molar-refractivity contribution in [3.05, 3.63) is 41.1 Å². The van der Waals surface area contributed by atoms with Gasteiger partial charge in [0.1, 0.15) is 5.76 Å². The maximum Gasteiger partial charge on any atom is 0.289 e. The van der Waals surface area contributed by atoms with Gasteiger partial charge in [-0.15, -0.1) is 0 Å². The Balaban J connectivity index is 1.70. The maximum atomic E-state index is 12.5. The van der Waals surface area contributed by atoms with Crippen LogP contribution in [-0.2, 0) is 6.54 Å². The molecule has 2 aromatic heterocycles. The fraction of sp³-hybridized carbons (Fsp3) is 0.529. The van der Waals surface area contributed by atoms with Crippen molar-refractivity contribution < 1.29 is 9.21 Å². The molecule has 0 N–H and O–H groups in total. The number of aromatic nitrogens is 2. The lowest BCUT2D eigenvalue weighted by molar-refractivity contribution is 0.0648. The minimum Gasteiger partial charge on any atom is -0.454 e. The molecule has 0 unspecified atom stereocenters. The molecule has 1 atom stereocenters. The summed E-state index contributed by atoms with van der Waals surface area (Å²) in [6, 6.07) is 5.68. The molecule has 0 radical (unpaired) electrons. The zero-order valence-electron chi connectivity index (χ0n) is 13.5. The van der Waals surface area contributed by atoms with Crippen molar-refractivity contribution in [1.82, 2.24) is 14.7 Å². The van der Waals surface area contributed by atoms with Crippen molar-refractivity contribution in [2.24, 2.45) is 5.92 Å². The van der Waals surface area contributed by atoms with Crippen LogP contribution in [0.15, 0.2) is 22.6 Å². The standard InChI is InChI=1S/C17H23N3O2/c1-12-5-4-8-19(10-12)17(21)16-7-6-15(22-16)11-20-14(3)9-13(2)18-20/h6-7,9,12H,4-5,8,10-11H2,1-3H3/t12-/m0/s1. The second-order valence-electron chi connectivity index (χ2n) is 6.35. The van der Waals surface area contributed by atoms with Crippen LogP contribution < -0.4 is 0 Å². The molecule has 118 valence electrons. The number of hydrogen-bond acceptors (Lipinski definition) is 3. The number of hydrogen-bond donors (Lipinski definition) is 0. The molecule has 5 heteroatoms. The molecule has 3 rings (SSSR count). The lowest BCUT2D eigenvalue weighted by Gasteiger charge is -2.30. The molecule has 0 aliphatic carbocycles. The van der Waals surface area contributed by atoms with E-state index in [1.807, 2.05) is 35.6 Å². The Morgan fingerprint density at radius 1 is 1.41 bits per heavy atom. The van der Waals surface area contributed by atoms with Gasteiger partial charge in [-0.1, -0.05) is 6.92 Å². The first kappa shape index (κ1) is 14.9. The molecular formula is C17H23N3O2. The number of likely N-dealkylation sites (tertiary alicyclic amines) is 1. The molecule has 0 aromatic carbocycles. The molecule has 22 heavy (non-hydrogen) atoms. The van der Waals surface area contributed by atoms with Gasteiger partial charge in [-0.2, -0.15) is 5.10 Å². The third-order valence-electron chi connectivity index (χ3n) is 4.23. The van der Waals surface area contributed by atoms with Gasteiger partial charge in [0.2, 0.25) is 0 Å². The Bertz CT molecular complexity index is 671. The lowest BCUT2D eigenvalue weighted by atomic mass is 10.0. The summed E-state index contributed by atoms with van der Waals surface area (Å²) in [6.07, 6.45) is 2.28. The van der Waals surface area contributed by atoms with E-state index in [-0.39, 0.29) is 5.91 Å². The van der Waals surface area contributed by atoms with Gasteiger partial charge in [-0.3, -0.25) is 9.48 Å². The average Bonchev–Trinajstić information content (AvgIpc) is 3.06. The maximum absolute atomic E-state index is 12.5. The first-order valence-electron chi connectivity index (χ1n) is 7.92. The second-order valence-corrected chi connectivity index (χ2v) is 6.35. The van der Waals surface area contributed by atoms with Gasteiger partial charge in [0.05, 0.1) is 12.2 Å². The Morgan fingerprint density at radius 2 is 2.23 bits per heavy atom. The van der Waals surface area contributed by atoms with Crippen LogP contribution in [0.5, 0.6) is 0 Å². The van der Waals surface area contributed by atoms with Crippen LogP contribution in [-0.4, -0.2) is 33.7 Å². The van der Waals surface area contributed by atoms with E-state index in [1.54, 1.807) is 6.07 Å². The monoisotopic (exact) mass is 301 g/mol. The van der Waals surface area contributed by atoms with Gasteiger partial charge in [0, 0.05) is 18.8 Å². The summed E-state index contributed by atoms with van der Waals surface area (Å²) in [5.74, 6) is 1.78. The summed E-state index contributed by atoms with van der Waals surface area (Å²) in [5.41, 5.74) is 2.08. The van der Waals surface area contributed by atoms with Crippen molar-refractivity contribution in [3.8, 4) is 0 Å². The van der Waals surface area contributed by atoms with E-state index in [4.69, 9.17) is 4.42 Å². The van der Waals surface area contributed by atoms with Crippen LogP contribution in [0.3, 0.4) is 0 Å². The molecule has 0 spiro atoms. The third-order valence-corrected chi connectivity index (χ3v) is 4.23. The number of amides is 1. The van der Waals surface area contributed by atoms with Crippen LogP contribution in [0.25, 0.3) is 0 Å². The molecule has 1 fully saturated rings. The van der Waals surface area contributed by atoms with Crippen LogP contribution in [0.4, 0.5) is 0 Å². The van der Waals surface area contributed by atoms with E-state index < -0.39 is 0 Å². The quantitative estimate of drug-likeness (QED) is 0.875. The Kier molecular flexibility index (Phi) is 4.05. The zero-order valence-corrected chi connectivity index (χ0v) is 13.5. The predicted octanol–water partition coefficient (Wildman–Crippen LogP) is 3.01. The van der Waals surface area contributed by atoms with E-state index in [2.05, 4.69) is 12.0 Å². The highest BCUT2D eigenvalue weighted by atomic mass is 16.4. The summed E-state index contributed by atoms with van der Waals surface area (Å²) in [6.45, 7) is 8.39. The summed E-state index contributed by atoms with van der Waals surface area (Å²) >= 11 is 0. The van der Waals surface area contributed by atoms with E-state index in [0.717, 1.165) is 36.7 Å². The molecule has 0 saturated carbocycles. The topological polar surface area (TPSA) is 51.3 Å². The number of aryl methyl sites for hydroxylation is 2. The van der Waals surface area contributed by atoms with Crippen molar-refractivity contribution in [3.63, 3.8) is 0 Å². The fourth-order valence-corrected chi connectivity index (χ4v) is 3.09. The summed E-state index contributed by atoms with van der Waals surface area (Å²) in [4.78, 5) is 14.4. The smallest absolute Gasteiger partial charge is 0.289 e. The van der Waals surface area contributed by atoms with Gasteiger partial charge in [-0.05, 0) is 50.8 Å². The van der Waals surface area contributed by atoms with Crippen molar-refractivity contribution in [1.29, 1.82) is 0 Å². The summed E-state index contributed by atoms with van der Waals surface area (Å²) < 4.78 is 7.64. The number of nitrogens with zero attached hydrogens (tertiary/aromatic N) is 3. The fourth-order valence-electron chi connectivity index (χ4n) is 3.09. The Hall–Kier alpha value is -2.04. The van der Waals surface area contributed by atoms with Gasteiger partial charge < -0.3 is 9.32 Å². The Labute approximate surface area is 130 Å². The highest BCUT2D eigenvalue weighted by Gasteiger charge is 2.24. The highest BCUT2D eigenvalue weighted by Crippen LogP contribution is 2.19. The number of carbonyl (C=O) groups is 1. The average molecular weight is 301 g/mol. The largest absolute Gasteiger partial charge is 0.454 e. The van der Waals surface area contributed by atoms with E-state index in [1.165, 1.54) is 6.42 Å². The molecule has 0 bridgehead atoms. The molecule has 1 amide bonds. The lowest BCUT2D eigenvalue weighted by Crippen LogP contribution is -2.38. The molecule has 5 nitrogen and oxygen atoms in total. The number of carbonyl (C=O) groups excluding carboxylic acids is 1. The van der Waals surface area contributed by atoms with Crippen molar-refractivity contribution in [2.75, 3.05) is 13.1 Å². The van der Waals surface area contributed by atoms with Crippen LogP contribution in [0.2, 0.25) is 0 Å². The van der Waals surface area contributed by atoms with Crippen LogP contribution in [0, 0.1) is 19.8 Å². The van der Waals surface area contributed by atoms with E-state index in [9.17, 15) is 4.79 Å². The van der Waals surface area contributed by atoms with Crippen molar-refractivity contribution >= 4 is 5.91 Å². The molecular weight excluding hydrogens is 278 g/mol. The predicted molar refractivity (Wildman–Crippen MR) is 83.8 cm³/mol. The number of furan rings is 1. The highest BCUT2D eigenvalue weighted by molar-refractivity contribution is 5.91. The molecule has 1 aliphatic heterocycles. The van der Waals surface area contributed by atoms with Gasteiger partial charge >= 0.3 is 0 Å². The van der Waals surface area contributed by atoms with E-state index >= 15 is 0 Å². The molecule has 2 aromatic rings. The molecule has 1 saturated heterocycles. The summed E-state index contributed by atoms with van der Waals surface area (Å²) in [5, 5.41) is 4.42. The zero-order chi connectivity index (χ0) is 15.7. The van der Waals surface area contributed by atoms with Gasteiger partial charge in [-0.25, -0.2) is 0 Å². The molecule has 1 aliphatic rings. The first-order valence-corrected chi connectivity index (χ1v) is 7.92. The third kappa shape index (κ3) is 3.08. The molecule has 3 heterocycles. The minimum atomic E-state index is 0.00571. The van der Waals surface area contributed by atoms with Crippen LogP contribution in [0.1, 0.15) is 47.5 Å². The normalized spacial score (nSPS) is 18.7. The number of rotatable bonds is 3. The van der Waals surface area contributed by atoms with Gasteiger partial charge in [0.15, 0.2) is 5.76 Å².